The Balaban J connectivity index is 2.20. The molecule has 15 heavy (non-hydrogen) atoms. The first kappa shape index (κ1) is 9.91. The molecule has 78 valence electrons. The Morgan fingerprint density at radius 2 is 2.27 bits per heavy atom. The highest BCUT2D eigenvalue weighted by Gasteiger charge is 2.38. The molecule has 1 fully saturated rings. The van der Waals surface area contributed by atoms with E-state index in [-0.39, 0.29) is 5.54 Å². The molecule has 1 N–H and O–H groups in total. The fourth-order valence-corrected chi connectivity index (χ4v) is 1.73. The van der Waals surface area contributed by atoms with E-state index in [4.69, 9.17) is 5.26 Å². The molecule has 1 heterocycles. The van der Waals surface area contributed by atoms with Crippen LogP contribution < -0.4 is 5.32 Å². The highest BCUT2D eigenvalue weighted by atomic mass is 15.2. The Bertz CT molecular complexity index is 401. The third kappa shape index (κ3) is 2.07. The predicted octanol–water partition coefficient (Wildman–Crippen LogP) is 1.95. The summed E-state index contributed by atoms with van der Waals surface area (Å²) in [5, 5.41) is 20.0. The van der Waals surface area contributed by atoms with Gasteiger partial charge in [0.1, 0.15) is 6.07 Å². The largest absolute Gasteiger partial charge is 0.362 e. The average Bonchev–Trinajstić information content (AvgIpc) is 3.01. The van der Waals surface area contributed by atoms with E-state index in [0.29, 0.717) is 17.3 Å². The monoisotopic (exact) mass is 202 g/mol. The summed E-state index contributed by atoms with van der Waals surface area (Å²) >= 11 is 0. The molecule has 1 aromatic heterocycles. The summed E-state index contributed by atoms with van der Waals surface area (Å²) in [4.78, 5) is 0. The van der Waals surface area contributed by atoms with Gasteiger partial charge in [0.05, 0.1) is 11.8 Å². The van der Waals surface area contributed by atoms with E-state index < -0.39 is 0 Å². The van der Waals surface area contributed by atoms with Gasteiger partial charge >= 0.3 is 0 Å². The molecule has 0 radical (unpaired) electrons. The van der Waals surface area contributed by atoms with Crippen LogP contribution in [-0.4, -0.2) is 15.7 Å². The van der Waals surface area contributed by atoms with Crippen LogP contribution in [0.2, 0.25) is 0 Å². The van der Waals surface area contributed by atoms with Crippen LogP contribution in [0.15, 0.2) is 12.3 Å². The summed E-state index contributed by atoms with van der Waals surface area (Å²) in [5.41, 5.74) is 0.556. The fraction of sp³-hybridized carbons (Fsp3) is 0.545. The van der Waals surface area contributed by atoms with Crippen LogP contribution >= 0.6 is 0 Å². The molecule has 0 saturated heterocycles. The molecule has 0 atom stereocenters. The molecule has 1 aromatic rings. The summed E-state index contributed by atoms with van der Waals surface area (Å²) in [5.74, 6) is 1.28. The summed E-state index contributed by atoms with van der Waals surface area (Å²) < 4.78 is 0. The van der Waals surface area contributed by atoms with Gasteiger partial charge in [0.15, 0.2) is 5.82 Å². The molecule has 0 spiro atoms. The first-order chi connectivity index (χ1) is 7.13. The molecular weight excluding hydrogens is 188 g/mol. The normalized spacial score (nSPS) is 15.8. The molecule has 4 heteroatoms. The topological polar surface area (TPSA) is 61.6 Å². The third-order valence-electron chi connectivity index (χ3n) is 2.88. The van der Waals surface area contributed by atoms with Crippen LogP contribution in [-0.2, 0) is 0 Å². The number of anilines is 1. The van der Waals surface area contributed by atoms with E-state index in [2.05, 4.69) is 35.4 Å². The number of aromatic nitrogens is 2. The van der Waals surface area contributed by atoms with E-state index in [0.717, 1.165) is 0 Å². The van der Waals surface area contributed by atoms with Crippen LogP contribution in [0.4, 0.5) is 5.82 Å². The highest BCUT2D eigenvalue weighted by molar-refractivity contribution is 5.51. The lowest BCUT2D eigenvalue weighted by Gasteiger charge is -2.26. The Kier molecular flexibility index (Phi) is 2.31. The summed E-state index contributed by atoms with van der Waals surface area (Å²) in [6.45, 7) is 4.28. The van der Waals surface area contributed by atoms with Crippen molar-refractivity contribution in [2.24, 2.45) is 5.92 Å². The summed E-state index contributed by atoms with van der Waals surface area (Å²) in [6.07, 6.45) is 4.04. The number of nitrogens with zero attached hydrogens (tertiary/aromatic N) is 3. The number of nitriles is 1. The molecular formula is C11H14N4. The van der Waals surface area contributed by atoms with Gasteiger partial charge < -0.3 is 5.32 Å². The van der Waals surface area contributed by atoms with Crippen molar-refractivity contribution in [3.8, 4) is 6.07 Å². The number of nitrogens with one attached hydrogen (secondary N) is 1. The van der Waals surface area contributed by atoms with E-state index in [9.17, 15) is 0 Å². The van der Waals surface area contributed by atoms with Crippen LogP contribution in [0, 0.1) is 17.2 Å². The van der Waals surface area contributed by atoms with Gasteiger partial charge in [-0.2, -0.15) is 10.4 Å². The van der Waals surface area contributed by atoms with Crippen LogP contribution in [0.1, 0.15) is 32.3 Å². The quantitative estimate of drug-likeness (QED) is 0.813. The van der Waals surface area contributed by atoms with Gasteiger partial charge in [0.2, 0.25) is 0 Å². The minimum Gasteiger partial charge on any atom is -0.362 e. The van der Waals surface area contributed by atoms with Gasteiger partial charge in [-0.3, -0.25) is 0 Å². The lowest BCUT2D eigenvalue weighted by atomic mass is 9.98. The van der Waals surface area contributed by atoms with Gasteiger partial charge in [-0.05, 0) is 38.7 Å². The Morgan fingerprint density at radius 3 is 2.87 bits per heavy atom. The van der Waals surface area contributed by atoms with E-state index >= 15 is 0 Å². The zero-order valence-electron chi connectivity index (χ0n) is 8.99. The lowest BCUT2D eigenvalue weighted by molar-refractivity contribution is 0.491. The van der Waals surface area contributed by atoms with Crippen LogP contribution in [0.25, 0.3) is 0 Å². The third-order valence-corrected chi connectivity index (χ3v) is 2.88. The lowest BCUT2D eigenvalue weighted by Crippen LogP contribution is -2.34. The molecule has 0 aromatic carbocycles. The first-order valence-corrected chi connectivity index (χ1v) is 5.13. The summed E-state index contributed by atoms with van der Waals surface area (Å²) in [6, 6.07) is 3.79. The van der Waals surface area contributed by atoms with Gasteiger partial charge in [-0.15, -0.1) is 5.10 Å². The maximum Gasteiger partial charge on any atom is 0.167 e. The molecule has 0 bridgehead atoms. The Labute approximate surface area is 89.3 Å². The minimum absolute atomic E-state index is 0.00162. The molecule has 0 aliphatic heterocycles. The van der Waals surface area contributed by atoms with Crippen LogP contribution in [0.5, 0.6) is 0 Å². The first-order valence-electron chi connectivity index (χ1n) is 5.13. The molecule has 2 rings (SSSR count). The standard InChI is InChI=1S/C11H14N4/c1-11(2,9-3-4-9)14-10-8(7-12)5-6-13-15-10/h5-6,9H,3-4H2,1-2H3,(H,14,15). The summed E-state index contributed by atoms with van der Waals surface area (Å²) in [7, 11) is 0. The molecule has 1 aliphatic rings. The smallest absolute Gasteiger partial charge is 0.167 e. The second-order valence-corrected chi connectivity index (χ2v) is 4.53. The fourth-order valence-electron chi connectivity index (χ4n) is 1.73. The van der Waals surface area contributed by atoms with Crippen molar-refractivity contribution in [3.63, 3.8) is 0 Å². The molecule has 1 aliphatic carbocycles. The van der Waals surface area contributed by atoms with Gasteiger partial charge in [-0.1, -0.05) is 0 Å². The number of hydrogen-bond acceptors (Lipinski definition) is 4. The van der Waals surface area contributed by atoms with Crippen molar-refractivity contribution >= 4 is 5.82 Å². The zero-order chi connectivity index (χ0) is 10.9. The molecule has 1 saturated carbocycles. The average molecular weight is 202 g/mol. The Morgan fingerprint density at radius 1 is 1.53 bits per heavy atom. The minimum atomic E-state index is 0.00162. The number of rotatable bonds is 3. The maximum atomic E-state index is 8.91. The van der Waals surface area contributed by atoms with E-state index in [1.54, 1.807) is 6.07 Å². The molecule has 4 nitrogen and oxygen atoms in total. The van der Waals surface area contributed by atoms with Crippen molar-refractivity contribution < 1.29 is 0 Å². The van der Waals surface area contributed by atoms with Crippen molar-refractivity contribution in [1.29, 1.82) is 5.26 Å². The SMILES string of the molecule is CC(C)(Nc1nnccc1C#N)C1CC1. The molecule has 0 amide bonds. The second-order valence-electron chi connectivity index (χ2n) is 4.53. The number of hydrogen-bond donors (Lipinski definition) is 1. The van der Waals surface area contributed by atoms with E-state index in [1.165, 1.54) is 19.0 Å². The van der Waals surface area contributed by atoms with Crippen molar-refractivity contribution in [2.45, 2.75) is 32.2 Å². The van der Waals surface area contributed by atoms with Crippen molar-refractivity contribution in [2.75, 3.05) is 5.32 Å². The van der Waals surface area contributed by atoms with Crippen LogP contribution in [0.3, 0.4) is 0 Å². The molecule has 0 unspecified atom stereocenters. The van der Waals surface area contributed by atoms with Crippen molar-refractivity contribution in [3.05, 3.63) is 17.8 Å². The second kappa shape index (κ2) is 3.50. The highest BCUT2D eigenvalue weighted by Crippen LogP contribution is 2.41. The van der Waals surface area contributed by atoms with Gasteiger partial charge in [0.25, 0.3) is 0 Å². The maximum absolute atomic E-state index is 8.91. The van der Waals surface area contributed by atoms with Crippen molar-refractivity contribution in [1.82, 2.24) is 10.2 Å². The van der Waals surface area contributed by atoms with Gasteiger partial charge in [-0.25, -0.2) is 0 Å². The van der Waals surface area contributed by atoms with Gasteiger partial charge in [0, 0.05) is 5.54 Å². The Hall–Kier alpha value is -1.63. The predicted molar refractivity (Wildman–Crippen MR) is 57.2 cm³/mol. The van der Waals surface area contributed by atoms with E-state index in [1.807, 2.05) is 0 Å². The zero-order valence-corrected chi connectivity index (χ0v) is 8.99.